The van der Waals surface area contributed by atoms with Crippen molar-refractivity contribution in [2.24, 2.45) is 0 Å². The summed E-state index contributed by atoms with van der Waals surface area (Å²) >= 11 is 5.97. The molecule has 84 valence electrons. The van der Waals surface area contributed by atoms with Crippen molar-refractivity contribution in [2.45, 2.75) is 19.8 Å². The molecule has 0 aliphatic heterocycles. The normalized spacial score (nSPS) is 11.0. The zero-order chi connectivity index (χ0) is 11.7. The van der Waals surface area contributed by atoms with Crippen LogP contribution in [-0.2, 0) is 0 Å². The summed E-state index contributed by atoms with van der Waals surface area (Å²) in [6, 6.07) is 1.88. The molecule has 0 N–H and O–H groups in total. The third-order valence-electron chi connectivity index (χ3n) is 2.09. The Morgan fingerprint density at radius 3 is 2.75 bits per heavy atom. The lowest BCUT2D eigenvalue weighted by molar-refractivity contribution is 0.104. The smallest absolute Gasteiger partial charge is 0.217 e. The number of carbonyl (C=O) groups excluding carboxylic acids is 1. The summed E-state index contributed by atoms with van der Waals surface area (Å²) in [5, 5.41) is 5.90. The van der Waals surface area contributed by atoms with E-state index in [0.717, 1.165) is 10.2 Å². The predicted molar refractivity (Wildman–Crippen MR) is 69.4 cm³/mol. The first-order valence-electron chi connectivity index (χ1n) is 4.71. The largest absolute Gasteiger partial charge is 0.287 e. The Kier molecular flexibility index (Phi) is 3.51. The summed E-state index contributed by atoms with van der Waals surface area (Å²) in [5.74, 6) is 0.233. The molecule has 0 spiro atoms. The number of ketones is 1. The first kappa shape index (κ1) is 11.9. The molecule has 6 heteroatoms. The van der Waals surface area contributed by atoms with Gasteiger partial charge in [0.1, 0.15) is 4.88 Å². The highest BCUT2D eigenvalue weighted by Gasteiger charge is 2.22. The van der Waals surface area contributed by atoms with Gasteiger partial charge in [-0.2, -0.15) is 0 Å². The summed E-state index contributed by atoms with van der Waals surface area (Å²) in [7, 11) is 0. The highest BCUT2D eigenvalue weighted by atomic mass is 79.9. The molecule has 0 aliphatic rings. The van der Waals surface area contributed by atoms with E-state index in [0.29, 0.717) is 9.75 Å². The van der Waals surface area contributed by atoms with Crippen LogP contribution in [0.25, 0.3) is 0 Å². The SMILES string of the molecule is CC(C)c1nnsc1C(=O)c1sccc1Br. The van der Waals surface area contributed by atoms with Crippen molar-refractivity contribution in [2.75, 3.05) is 0 Å². The molecule has 0 aliphatic carbocycles. The average molecular weight is 317 g/mol. The number of hydrogen-bond acceptors (Lipinski definition) is 5. The number of rotatable bonds is 3. The Labute approximate surface area is 110 Å². The van der Waals surface area contributed by atoms with Gasteiger partial charge in [-0.25, -0.2) is 0 Å². The second-order valence-corrected chi connectivity index (χ2v) is 6.09. The van der Waals surface area contributed by atoms with Crippen molar-refractivity contribution in [1.29, 1.82) is 0 Å². The number of hydrogen-bond donors (Lipinski definition) is 0. The Morgan fingerprint density at radius 1 is 1.44 bits per heavy atom. The first-order valence-corrected chi connectivity index (χ1v) is 7.15. The van der Waals surface area contributed by atoms with Crippen LogP contribution < -0.4 is 0 Å². The molecule has 0 fully saturated rings. The number of carbonyl (C=O) groups is 1. The molecule has 0 atom stereocenters. The second kappa shape index (κ2) is 4.73. The van der Waals surface area contributed by atoms with Crippen LogP contribution in [0, 0.1) is 0 Å². The molecule has 0 aromatic carbocycles. The van der Waals surface area contributed by atoms with Gasteiger partial charge in [0.05, 0.1) is 10.6 Å². The summed E-state index contributed by atoms with van der Waals surface area (Å²) in [4.78, 5) is 13.6. The zero-order valence-corrected chi connectivity index (χ0v) is 11.9. The number of halogens is 1. The van der Waals surface area contributed by atoms with Gasteiger partial charge in [-0.3, -0.25) is 4.79 Å². The summed E-state index contributed by atoms with van der Waals surface area (Å²) in [6.45, 7) is 4.02. The van der Waals surface area contributed by atoms with E-state index in [9.17, 15) is 4.79 Å². The monoisotopic (exact) mass is 316 g/mol. The molecule has 0 radical (unpaired) electrons. The zero-order valence-electron chi connectivity index (χ0n) is 8.73. The van der Waals surface area contributed by atoms with Crippen LogP contribution in [0.15, 0.2) is 15.9 Å². The van der Waals surface area contributed by atoms with Gasteiger partial charge in [-0.1, -0.05) is 18.3 Å². The molecule has 2 aromatic rings. The molecule has 0 unspecified atom stereocenters. The fourth-order valence-corrected chi connectivity index (χ4v) is 3.62. The van der Waals surface area contributed by atoms with Crippen molar-refractivity contribution in [3.63, 3.8) is 0 Å². The topological polar surface area (TPSA) is 42.9 Å². The van der Waals surface area contributed by atoms with Crippen LogP contribution in [0.3, 0.4) is 0 Å². The van der Waals surface area contributed by atoms with Crippen molar-refractivity contribution in [3.8, 4) is 0 Å². The van der Waals surface area contributed by atoms with E-state index in [4.69, 9.17) is 0 Å². The Hall–Kier alpha value is -0.590. The molecular formula is C10H9BrN2OS2. The second-order valence-electron chi connectivity index (χ2n) is 3.57. The van der Waals surface area contributed by atoms with Gasteiger partial charge in [0, 0.05) is 4.47 Å². The number of aromatic nitrogens is 2. The molecular weight excluding hydrogens is 308 g/mol. The molecule has 0 bridgehead atoms. The van der Waals surface area contributed by atoms with Gasteiger partial charge in [-0.05, 0) is 44.8 Å². The standard InChI is InChI=1S/C10H9BrN2OS2/c1-5(2)7-10(16-13-12-7)8(14)9-6(11)3-4-15-9/h3-5H,1-2H3. The van der Waals surface area contributed by atoms with Crippen LogP contribution in [-0.4, -0.2) is 15.4 Å². The van der Waals surface area contributed by atoms with Crippen molar-refractivity contribution < 1.29 is 4.79 Å². The average Bonchev–Trinajstić information content (AvgIpc) is 2.84. The summed E-state index contributed by atoms with van der Waals surface area (Å²) in [6.07, 6.45) is 0. The van der Waals surface area contributed by atoms with E-state index in [2.05, 4.69) is 25.5 Å². The van der Waals surface area contributed by atoms with Gasteiger partial charge in [0.25, 0.3) is 0 Å². The first-order chi connectivity index (χ1) is 7.61. The third-order valence-corrected chi connectivity index (χ3v) is 4.67. The minimum absolute atomic E-state index is 0.0144. The van der Waals surface area contributed by atoms with Crippen LogP contribution in [0.4, 0.5) is 0 Å². The molecule has 16 heavy (non-hydrogen) atoms. The maximum Gasteiger partial charge on any atom is 0.217 e. The van der Waals surface area contributed by atoms with Crippen molar-refractivity contribution >= 4 is 44.6 Å². The van der Waals surface area contributed by atoms with E-state index in [1.165, 1.54) is 22.9 Å². The van der Waals surface area contributed by atoms with Crippen molar-refractivity contribution in [1.82, 2.24) is 9.59 Å². The van der Waals surface area contributed by atoms with Gasteiger partial charge in [-0.15, -0.1) is 16.4 Å². The van der Waals surface area contributed by atoms with Crippen LogP contribution in [0.2, 0.25) is 0 Å². The summed E-state index contributed by atoms with van der Waals surface area (Å²) in [5.41, 5.74) is 0.787. The maximum atomic E-state index is 12.2. The van der Waals surface area contributed by atoms with Crippen LogP contribution in [0.1, 0.15) is 40.0 Å². The lowest BCUT2D eigenvalue weighted by Crippen LogP contribution is -2.02. The van der Waals surface area contributed by atoms with E-state index in [-0.39, 0.29) is 11.7 Å². The molecule has 2 aromatic heterocycles. The van der Waals surface area contributed by atoms with Crippen LogP contribution >= 0.6 is 38.8 Å². The van der Waals surface area contributed by atoms with Crippen LogP contribution in [0.5, 0.6) is 0 Å². The Balaban J connectivity index is 2.42. The summed E-state index contributed by atoms with van der Waals surface area (Å²) < 4.78 is 4.70. The van der Waals surface area contributed by atoms with E-state index in [1.54, 1.807) is 0 Å². The number of nitrogens with zero attached hydrogens (tertiary/aromatic N) is 2. The van der Waals surface area contributed by atoms with Gasteiger partial charge < -0.3 is 0 Å². The minimum atomic E-state index is 0.0144. The lowest BCUT2D eigenvalue weighted by Gasteiger charge is -2.02. The molecule has 0 saturated heterocycles. The van der Waals surface area contributed by atoms with E-state index >= 15 is 0 Å². The highest BCUT2D eigenvalue weighted by Crippen LogP contribution is 2.29. The predicted octanol–water partition coefficient (Wildman–Crippen LogP) is 3.72. The highest BCUT2D eigenvalue weighted by molar-refractivity contribution is 9.10. The minimum Gasteiger partial charge on any atom is -0.287 e. The number of thiophene rings is 1. The maximum absolute atomic E-state index is 12.2. The fourth-order valence-electron chi connectivity index (χ4n) is 1.29. The van der Waals surface area contributed by atoms with E-state index in [1.807, 2.05) is 25.3 Å². The Bertz CT molecular complexity index is 518. The fraction of sp³-hybridized carbons (Fsp3) is 0.300. The molecule has 2 heterocycles. The van der Waals surface area contributed by atoms with Crippen molar-refractivity contribution in [3.05, 3.63) is 31.4 Å². The van der Waals surface area contributed by atoms with Gasteiger partial charge in [0.15, 0.2) is 0 Å². The third kappa shape index (κ3) is 2.09. The Morgan fingerprint density at radius 2 is 2.19 bits per heavy atom. The molecule has 2 rings (SSSR count). The molecule has 0 amide bonds. The quantitative estimate of drug-likeness (QED) is 0.810. The van der Waals surface area contributed by atoms with Gasteiger partial charge in [0.2, 0.25) is 5.78 Å². The van der Waals surface area contributed by atoms with Gasteiger partial charge >= 0.3 is 0 Å². The van der Waals surface area contributed by atoms with E-state index < -0.39 is 0 Å². The molecule has 3 nitrogen and oxygen atoms in total. The molecule has 0 saturated carbocycles. The lowest BCUT2D eigenvalue weighted by atomic mass is 10.1.